The van der Waals surface area contributed by atoms with Crippen molar-refractivity contribution in [3.63, 3.8) is 0 Å². The molecule has 1 atom stereocenters. The van der Waals surface area contributed by atoms with Crippen LogP contribution in [-0.4, -0.2) is 58.2 Å². The van der Waals surface area contributed by atoms with E-state index in [4.69, 9.17) is 9.47 Å². The number of hydrogen-bond donors (Lipinski definition) is 0. The first-order valence-corrected chi connectivity index (χ1v) is 8.84. The van der Waals surface area contributed by atoms with Gasteiger partial charge in [0, 0.05) is 25.6 Å². The molecule has 23 heavy (non-hydrogen) atoms. The van der Waals surface area contributed by atoms with E-state index < -0.39 is 5.79 Å². The van der Waals surface area contributed by atoms with Crippen LogP contribution in [0.15, 0.2) is 24.3 Å². The van der Waals surface area contributed by atoms with Gasteiger partial charge in [0.15, 0.2) is 11.5 Å². The summed E-state index contributed by atoms with van der Waals surface area (Å²) in [5, 5.41) is 0. The molecule has 1 aromatic carbocycles. The lowest BCUT2D eigenvalue weighted by Crippen LogP contribution is -2.50. The van der Waals surface area contributed by atoms with Crippen LogP contribution < -0.4 is 9.47 Å². The summed E-state index contributed by atoms with van der Waals surface area (Å²) >= 11 is 1.61. The molecule has 122 valence electrons. The van der Waals surface area contributed by atoms with Crippen molar-refractivity contribution in [1.29, 1.82) is 0 Å². The van der Waals surface area contributed by atoms with Gasteiger partial charge in [-0.15, -0.1) is 11.8 Å². The maximum atomic E-state index is 12.8. The zero-order chi connectivity index (χ0) is 16.0. The van der Waals surface area contributed by atoms with Gasteiger partial charge in [-0.05, 0) is 12.1 Å². The number of fused-ring (bicyclic) bond motifs is 1. The summed E-state index contributed by atoms with van der Waals surface area (Å²) in [6, 6.07) is 7.19. The van der Waals surface area contributed by atoms with Crippen molar-refractivity contribution in [2.24, 2.45) is 0 Å². The SMILES string of the molecule is CC(=O)N1CSCC1C(=O)N1CCC2(C1)Oc1ccccc1O2. The lowest BCUT2D eigenvalue weighted by atomic mass is 10.2. The van der Waals surface area contributed by atoms with Crippen LogP contribution in [0.25, 0.3) is 0 Å². The first kappa shape index (κ1) is 14.7. The molecule has 0 bridgehead atoms. The topological polar surface area (TPSA) is 59.1 Å². The normalized spacial score (nSPS) is 24.5. The fourth-order valence-electron chi connectivity index (χ4n) is 3.32. The van der Waals surface area contributed by atoms with E-state index in [9.17, 15) is 9.59 Å². The summed E-state index contributed by atoms with van der Waals surface area (Å²) < 4.78 is 11.9. The molecule has 3 aliphatic heterocycles. The summed E-state index contributed by atoms with van der Waals surface area (Å²) in [6.07, 6.45) is 0.632. The number of carbonyl (C=O) groups is 2. The molecule has 1 unspecified atom stereocenters. The van der Waals surface area contributed by atoms with Gasteiger partial charge in [-0.3, -0.25) is 9.59 Å². The van der Waals surface area contributed by atoms with E-state index in [2.05, 4.69) is 0 Å². The number of thioether (sulfide) groups is 1. The molecule has 2 fully saturated rings. The van der Waals surface area contributed by atoms with Crippen molar-refractivity contribution in [2.75, 3.05) is 24.7 Å². The third-order valence-corrected chi connectivity index (χ3v) is 5.53. The van der Waals surface area contributed by atoms with Crippen LogP contribution in [0.3, 0.4) is 0 Å². The maximum absolute atomic E-state index is 12.8. The Morgan fingerprint density at radius 1 is 1.26 bits per heavy atom. The van der Waals surface area contributed by atoms with Gasteiger partial charge in [-0.25, -0.2) is 0 Å². The van der Waals surface area contributed by atoms with Crippen LogP contribution in [-0.2, 0) is 9.59 Å². The van der Waals surface area contributed by atoms with Crippen LogP contribution in [0.4, 0.5) is 0 Å². The number of benzene rings is 1. The summed E-state index contributed by atoms with van der Waals surface area (Å²) in [4.78, 5) is 27.9. The molecule has 4 rings (SSSR count). The standard InChI is InChI=1S/C16H18N2O4S/c1-11(19)18-10-23-8-12(18)15(20)17-7-6-16(9-17)21-13-4-2-3-5-14(13)22-16/h2-5,12H,6-10H2,1H3. The highest BCUT2D eigenvalue weighted by molar-refractivity contribution is 7.99. The number of rotatable bonds is 1. The van der Waals surface area contributed by atoms with Gasteiger partial charge in [0.25, 0.3) is 5.79 Å². The first-order chi connectivity index (χ1) is 11.1. The monoisotopic (exact) mass is 334 g/mol. The smallest absolute Gasteiger partial charge is 0.270 e. The predicted octanol–water partition coefficient (Wildman–Crippen LogP) is 1.31. The molecule has 7 heteroatoms. The molecule has 6 nitrogen and oxygen atoms in total. The number of nitrogens with zero attached hydrogens (tertiary/aromatic N) is 2. The number of ether oxygens (including phenoxy) is 2. The molecule has 1 spiro atoms. The molecule has 3 aliphatic rings. The van der Waals surface area contributed by atoms with Gasteiger partial charge in [0.2, 0.25) is 11.8 Å². The highest BCUT2D eigenvalue weighted by Gasteiger charge is 2.50. The number of hydrogen-bond acceptors (Lipinski definition) is 5. The molecule has 0 saturated carbocycles. The van der Waals surface area contributed by atoms with E-state index in [0.717, 1.165) is 11.5 Å². The Morgan fingerprint density at radius 2 is 1.96 bits per heavy atom. The molecule has 3 heterocycles. The van der Waals surface area contributed by atoms with Crippen LogP contribution in [0, 0.1) is 0 Å². The second-order valence-corrected chi connectivity index (χ2v) is 7.08. The van der Waals surface area contributed by atoms with Crippen molar-refractivity contribution in [3.05, 3.63) is 24.3 Å². The van der Waals surface area contributed by atoms with Crippen molar-refractivity contribution in [2.45, 2.75) is 25.2 Å². The summed E-state index contributed by atoms with van der Waals surface area (Å²) in [5.41, 5.74) is 0. The van der Waals surface area contributed by atoms with Gasteiger partial charge < -0.3 is 19.3 Å². The summed E-state index contributed by atoms with van der Waals surface area (Å²) in [6.45, 7) is 2.49. The minimum Gasteiger partial charge on any atom is -0.447 e. The van der Waals surface area contributed by atoms with Crippen LogP contribution >= 0.6 is 11.8 Å². The van der Waals surface area contributed by atoms with E-state index >= 15 is 0 Å². The molecule has 1 aromatic rings. The second kappa shape index (κ2) is 5.33. The Labute approximate surface area is 138 Å². The lowest BCUT2D eigenvalue weighted by molar-refractivity contribution is -0.143. The summed E-state index contributed by atoms with van der Waals surface area (Å²) in [5.74, 6) is 1.86. The molecule has 2 amide bonds. The molecule has 2 saturated heterocycles. The fourth-order valence-corrected chi connectivity index (χ4v) is 4.53. The van der Waals surface area contributed by atoms with Crippen molar-refractivity contribution in [3.8, 4) is 11.5 Å². The zero-order valence-electron chi connectivity index (χ0n) is 12.9. The Hall–Kier alpha value is -1.89. The predicted molar refractivity (Wildman–Crippen MR) is 85.3 cm³/mol. The number of para-hydroxylation sites is 2. The second-order valence-electron chi connectivity index (χ2n) is 6.08. The van der Waals surface area contributed by atoms with Crippen molar-refractivity contribution in [1.82, 2.24) is 9.80 Å². The number of amides is 2. The number of carbonyl (C=O) groups excluding carboxylic acids is 2. The Kier molecular flexibility index (Phi) is 3.41. The average molecular weight is 334 g/mol. The zero-order valence-corrected chi connectivity index (χ0v) is 13.7. The van der Waals surface area contributed by atoms with Crippen LogP contribution in [0.5, 0.6) is 11.5 Å². The quantitative estimate of drug-likeness (QED) is 0.775. The maximum Gasteiger partial charge on any atom is 0.270 e. The highest BCUT2D eigenvalue weighted by atomic mass is 32.2. The van der Waals surface area contributed by atoms with Crippen LogP contribution in [0.2, 0.25) is 0 Å². The van der Waals surface area contributed by atoms with Crippen molar-refractivity contribution < 1.29 is 19.1 Å². The lowest BCUT2D eigenvalue weighted by Gasteiger charge is -2.27. The Morgan fingerprint density at radius 3 is 2.61 bits per heavy atom. The molecular weight excluding hydrogens is 316 g/mol. The van der Waals surface area contributed by atoms with Gasteiger partial charge in [0.05, 0.1) is 12.4 Å². The minimum atomic E-state index is -0.772. The Bertz CT molecular complexity index is 640. The molecule has 0 aromatic heterocycles. The van der Waals surface area contributed by atoms with Gasteiger partial charge in [0.1, 0.15) is 6.04 Å². The largest absolute Gasteiger partial charge is 0.447 e. The minimum absolute atomic E-state index is 0.00905. The van der Waals surface area contributed by atoms with E-state index in [1.807, 2.05) is 24.3 Å². The first-order valence-electron chi connectivity index (χ1n) is 7.69. The Balaban J connectivity index is 1.47. The van der Waals surface area contributed by atoms with Gasteiger partial charge in [-0.1, -0.05) is 12.1 Å². The molecule has 0 radical (unpaired) electrons. The molecular formula is C16H18N2O4S. The van der Waals surface area contributed by atoms with Gasteiger partial charge in [-0.2, -0.15) is 0 Å². The third-order valence-electron chi connectivity index (χ3n) is 4.52. The van der Waals surface area contributed by atoms with E-state index in [0.29, 0.717) is 31.1 Å². The van der Waals surface area contributed by atoms with E-state index in [-0.39, 0.29) is 17.9 Å². The average Bonchev–Trinajstić information content (AvgIpc) is 3.24. The fraction of sp³-hybridized carbons (Fsp3) is 0.500. The molecule has 0 aliphatic carbocycles. The van der Waals surface area contributed by atoms with Crippen molar-refractivity contribution >= 4 is 23.6 Å². The summed E-state index contributed by atoms with van der Waals surface area (Å²) in [7, 11) is 0. The highest BCUT2D eigenvalue weighted by Crippen LogP contribution is 2.43. The molecule has 0 N–H and O–H groups in total. The van der Waals surface area contributed by atoms with Gasteiger partial charge >= 0.3 is 0 Å². The third kappa shape index (κ3) is 2.43. The van der Waals surface area contributed by atoms with E-state index in [1.54, 1.807) is 21.6 Å². The number of likely N-dealkylation sites (tertiary alicyclic amines) is 1. The van der Waals surface area contributed by atoms with E-state index in [1.165, 1.54) is 6.92 Å². The van der Waals surface area contributed by atoms with Crippen LogP contribution in [0.1, 0.15) is 13.3 Å².